The molecule has 0 aromatic heterocycles. The largest absolute Gasteiger partial charge is 0.491 e. The summed E-state index contributed by atoms with van der Waals surface area (Å²) in [5, 5.41) is 2.89. The van der Waals surface area contributed by atoms with Crippen molar-refractivity contribution in [3.8, 4) is 5.75 Å². The Morgan fingerprint density at radius 1 is 1.10 bits per heavy atom. The minimum atomic E-state index is -3.43. The fourth-order valence-corrected chi connectivity index (χ4v) is 4.04. The van der Waals surface area contributed by atoms with Gasteiger partial charge in [-0.3, -0.25) is 9.10 Å². The molecule has 29 heavy (non-hydrogen) atoms. The van der Waals surface area contributed by atoms with Crippen LogP contribution in [0.4, 0.5) is 5.69 Å². The Kier molecular flexibility index (Phi) is 8.08. The summed E-state index contributed by atoms with van der Waals surface area (Å²) in [5.41, 5.74) is 2.63. The molecule has 0 saturated carbocycles. The van der Waals surface area contributed by atoms with Gasteiger partial charge in [0, 0.05) is 13.0 Å². The lowest BCUT2D eigenvalue weighted by Gasteiger charge is -2.23. The predicted octanol–water partition coefficient (Wildman–Crippen LogP) is 3.43. The van der Waals surface area contributed by atoms with Crippen molar-refractivity contribution in [1.29, 1.82) is 0 Å². The quantitative estimate of drug-likeness (QED) is 0.641. The number of nitrogens with zero attached hydrogens (tertiary/aromatic N) is 1. The van der Waals surface area contributed by atoms with Crippen LogP contribution in [-0.4, -0.2) is 39.8 Å². The van der Waals surface area contributed by atoms with E-state index in [1.165, 1.54) is 10.6 Å². The molecule has 0 aliphatic carbocycles. The van der Waals surface area contributed by atoms with Crippen molar-refractivity contribution in [3.63, 3.8) is 0 Å². The minimum Gasteiger partial charge on any atom is -0.491 e. The molecule has 158 valence electrons. The van der Waals surface area contributed by atoms with Crippen molar-refractivity contribution in [3.05, 3.63) is 59.7 Å². The second-order valence-corrected chi connectivity index (χ2v) is 9.28. The molecule has 0 fully saturated rings. The standard InChI is InChI=1S/C22H30N2O4S/c1-17-13-18(2)15-20(14-17)24(29(4,26)27)12-8-11-22(25)23-19(3)16-28-21-9-6-5-7-10-21/h5-7,9-10,13-15,19H,8,11-12,16H2,1-4H3,(H,23,25)/t19-/m1/s1. The average Bonchev–Trinajstić information content (AvgIpc) is 2.62. The smallest absolute Gasteiger partial charge is 0.232 e. The SMILES string of the molecule is Cc1cc(C)cc(N(CCCC(=O)N[C@H](C)COc2ccccc2)S(C)(=O)=O)c1. The van der Waals surface area contributed by atoms with Gasteiger partial charge in [-0.1, -0.05) is 24.3 Å². The van der Waals surface area contributed by atoms with Gasteiger partial charge >= 0.3 is 0 Å². The molecule has 0 aliphatic rings. The van der Waals surface area contributed by atoms with Gasteiger partial charge in [-0.05, 0) is 62.6 Å². The monoisotopic (exact) mass is 418 g/mol. The van der Waals surface area contributed by atoms with E-state index in [4.69, 9.17) is 4.74 Å². The molecule has 0 radical (unpaired) electrons. The number of amides is 1. The van der Waals surface area contributed by atoms with Gasteiger partial charge in [-0.2, -0.15) is 0 Å². The zero-order valence-electron chi connectivity index (χ0n) is 17.5. The van der Waals surface area contributed by atoms with Crippen molar-refractivity contribution in [1.82, 2.24) is 5.32 Å². The molecular formula is C22H30N2O4S. The molecular weight excluding hydrogens is 388 g/mol. The van der Waals surface area contributed by atoms with Gasteiger partial charge in [0.1, 0.15) is 12.4 Å². The lowest BCUT2D eigenvalue weighted by molar-refractivity contribution is -0.121. The molecule has 7 heteroatoms. The summed E-state index contributed by atoms with van der Waals surface area (Å²) >= 11 is 0. The van der Waals surface area contributed by atoms with E-state index < -0.39 is 10.0 Å². The van der Waals surface area contributed by atoms with Crippen LogP contribution in [0.5, 0.6) is 5.75 Å². The number of hydrogen-bond acceptors (Lipinski definition) is 4. The molecule has 1 atom stereocenters. The van der Waals surface area contributed by atoms with Gasteiger partial charge in [-0.15, -0.1) is 0 Å². The Bertz CT molecular complexity index is 893. The normalized spacial score (nSPS) is 12.3. The molecule has 0 aliphatic heterocycles. The Labute approximate surface area is 173 Å². The molecule has 2 rings (SSSR count). The number of aryl methyl sites for hydroxylation is 2. The highest BCUT2D eigenvalue weighted by Crippen LogP contribution is 2.21. The topological polar surface area (TPSA) is 75.7 Å². The number of benzene rings is 2. The Morgan fingerprint density at radius 2 is 1.72 bits per heavy atom. The Morgan fingerprint density at radius 3 is 2.31 bits per heavy atom. The molecule has 2 aromatic carbocycles. The van der Waals surface area contributed by atoms with E-state index in [-0.39, 0.29) is 24.9 Å². The lowest BCUT2D eigenvalue weighted by atomic mass is 10.1. The number of carbonyl (C=O) groups excluding carboxylic acids is 1. The molecule has 0 saturated heterocycles. The van der Waals surface area contributed by atoms with Gasteiger partial charge in [-0.25, -0.2) is 8.42 Å². The number of sulfonamides is 1. The third-order valence-electron chi connectivity index (χ3n) is 4.31. The van der Waals surface area contributed by atoms with Crippen LogP contribution in [0, 0.1) is 13.8 Å². The van der Waals surface area contributed by atoms with Gasteiger partial charge in [0.25, 0.3) is 0 Å². The molecule has 0 bridgehead atoms. The molecule has 0 spiro atoms. The molecule has 2 aromatic rings. The highest BCUT2D eigenvalue weighted by Gasteiger charge is 2.18. The second kappa shape index (κ2) is 10.3. The highest BCUT2D eigenvalue weighted by molar-refractivity contribution is 7.92. The van der Waals surface area contributed by atoms with Crippen LogP contribution in [0.25, 0.3) is 0 Å². The highest BCUT2D eigenvalue weighted by atomic mass is 32.2. The number of hydrogen-bond donors (Lipinski definition) is 1. The minimum absolute atomic E-state index is 0.122. The second-order valence-electron chi connectivity index (χ2n) is 7.38. The van der Waals surface area contributed by atoms with Crippen LogP contribution >= 0.6 is 0 Å². The first kappa shape index (κ1) is 22.7. The number of nitrogens with one attached hydrogen (secondary N) is 1. The number of rotatable bonds is 10. The average molecular weight is 419 g/mol. The van der Waals surface area contributed by atoms with Crippen LogP contribution < -0.4 is 14.4 Å². The van der Waals surface area contributed by atoms with Crippen molar-refractivity contribution in [2.24, 2.45) is 0 Å². The summed E-state index contributed by atoms with van der Waals surface area (Å²) in [6.45, 7) is 6.36. The molecule has 6 nitrogen and oxygen atoms in total. The number of carbonyl (C=O) groups is 1. The van der Waals surface area contributed by atoms with Crippen molar-refractivity contribution < 1.29 is 17.9 Å². The first-order valence-corrected chi connectivity index (χ1v) is 11.5. The zero-order valence-corrected chi connectivity index (χ0v) is 18.3. The summed E-state index contributed by atoms with van der Waals surface area (Å²) in [6.07, 6.45) is 1.86. The van der Waals surface area contributed by atoms with Crippen molar-refractivity contribution in [2.45, 2.75) is 39.7 Å². The summed E-state index contributed by atoms with van der Waals surface area (Å²) in [5.74, 6) is 0.633. The number of ether oxygens (including phenoxy) is 1. The molecule has 1 N–H and O–H groups in total. The van der Waals surface area contributed by atoms with E-state index in [1.807, 2.05) is 69.3 Å². The first-order valence-electron chi connectivity index (χ1n) is 9.68. The van der Waals surface area contributed by atoms with E-state index in [0.29, 0.717) is 18.7 Å². The summed E-state index contributed by atoms with van der Waals surface area (Å²) in [4.78, 5) is 12.2. The zero-order chi connectivity index (χ0) is 21.4. The van der Waals surface area contributed by atoms with Crippen molar-refractivity contribution >= 4 is 21.6 Å². The first-order chi connectivity index (χ1) is 13.6. The molecule has 0 unspecified atom stereocenters. The fraction of sp³-hybridized carbons (Fsp3) is 0.409. The van der Waals surface area contributed by atoms with Gasteiger partial charge < -0.3 is 10.1 Å². The van der Waals surface area contributed by atoms with Crippen LogP contribution in [0.3, 0.4) is 0 Å². The maximum absolute atomic E-state index is 12.2. The van der Waals surface area contributed by atoms with Gasteiger partial charge in [0.2, 0.25) is 15.9 Å². The maximum atomic E-state index is 12.2. The Balaban J connectivity index is 1.84. The fourth-order valence-electron chi connectivity index (χ4n) is 3.09. The summed E-state index contributed by atoms with van der Waals surface area (Å²) in [7, 11) is -3.43. The van der Waals surface area contributed by atoms with E-state index in [2.05, 4.69) is 5.32 Å². The molecule has 0 heterocycles. The molecule has 1 amide bonds. The van der Waals surface area contributed by atoms with E-state index in [9.17, 15) is 13.2 Å². The summed E-state index contributed by atoms with van der Waals surface area (Å²) < 4.78 is 31.5. The van der Waals surface area contributed by atoms with Crippen molar-refractivity contribution in [2.75, 3.05) is 23.7 Å². The maximum Gasteiger partial charge on any atom is 0.232 e. The van der Waals surface area contributed by atoms with E-state index in [0.717, 1.165) is 16.9 Å². The predicted molar refractivity (Wildman–Crippen MR) is 117 cm³/mol. The summed E-state index contributed by atoms with van der Waals surface area (Å²) in [6, 6.07) is 15.0. The van der Waals surface area contributed by atoms with Crippen LogP contribution in [0.15, 0.2) is 48.5 Å². The van der Waals surface area contributed by atoms with E-state index >= 15 is 0 Å². The van der Waals surface area contributed by atoms with E-state index in [1.54, 1.807) is 0 Å². The van der Waals surface area contributed by atoms with Crippen LogP contribution in [0.1, 0.15) is 30.9 Å². The van der Waals surface area contributed by atoms with Gasteiger partial charge in [0.05, 0.1) is 18.0 Å². The van der Waals surface area contributed by atoms with Gasteiger partial charge in [0.15, 0.2) is 0 Å². The third kappa shape index (κ3) is 7.77. The third-order valence-corrected chi connectivity index (χ3v) is 5.50. The lowest BCUT2D eigenvalue weighted by Crippen LogP contribution is -2.37. The van der Waals surface area contributed by atoms with Crippen LogP contribution in [0.2, 0.25) is 0 Å². The Hall–Kier alpha value is -2.54. The number of anilines is 1. The number of para-hydroxylation sites is 1. The van der Waals surface area contributed by atoms with Crippen LogP contribution in [-0.2, 0) is 14.8 Å².